The van der Waals surface area contributed by atoms with E-state index < -0.39 is 0 Å². The highest BCUT2D eigenvalue weighted by Crippen LogP contribution is 2.45. The van der Waals surface area contributed by atoms with Crippen LogP contribution in [0.15, 0.2) is 94.5 Å². The maximum atomic E-state index is 14.2. The lowest BCUT2D eigenvalue weighted by atomic mass is 9.82. The highest BCUT2D eigenvalue weighted by Gasteiger charge is 2.36. The summed E-state index contributed by atoms with van der Waals surface area (Å²) in [7, 11) is 0. The van der Waals surface area contributed by atoms with Crippen LogP contribution < -0.4 is 16.1 Å². The van der Waals surface area contributed by atoms with E-state index in [9.17, 15) is 9.59 Å². The molecule has 2 atom stereocenters. The molecule has 34 heavy (non-hydrogen) atoms. The molecular weight excluding hydrogens is 422 g/mol. The van der Waals surface area contributed by atoms with Gasteiger partial charge in [-0.15, -0.1) is 0 Å². The monoisotopic (exact) mass is 451 g/mol. The van der Waals surface area contributed by atoms with E-state index in [4.69, 9.17) is 0 Å². The van der Waals surface area contributed by atoms with Crippen molar-refractivity contribution in [2.24, 2.45) is 0 Å². The topological polar surface area (TPSA) is 58.1 Å². The van der Waals surface area contributed by atoms with Crippen molar-refractivity contribution in [1.82, 2.24) is 9.55 Å². The molecule has 1 N–H and O–H groups in total. The van der Waals surface area contributed by atoms with Crippen LogP contribution in [0.25, 0.3) is 0 Å². The van der Waals surface area contributed by atoms with Crippen molar-refractivity contribution in [3.63, 3.8) is 0 Å². The van der Waals surface area contributed by atoms with Gasteiger partial charge in [-0.05, 0) is 36.1 Å². The average molecular weight is 452 g/mol. The summed E-state index contributed by atoms with van der Waals surface area (Å²) >= 11 is 0. The van der Waals surface area contributed by atoms with E-state index >= 15 is 0 Å². The number of aromatic nitrogens is 2. The van der Waals surface area contributed by atoms with Gasteiger partial charge < -0.3 is 4.90 Å². The van der Waals surface area contributed by atoms with Crippen LogP contribution in [0.4, 0.5) is 11.5 Å². The number of anilines is 2. The molecule has 2 heterocycles. The standard InChI is InChI=1S/C29H29N3O2/c1-3-4-19-31-24-18-12-11-17-23(24)25(22-15-9-6-10-16-22)26-27(31)30-29(34)32(28(26)33)20(2)21-13-7-5-8-14-21/h5-18,20,25H,3-4,19H2,1-2H3,(H,30,34)/t20-,25+/m0/s1. The van der Waals surface area contributed by atoms with Gasteiger partial charge in [-0.1, -0.05) is 92.2 Å². The van der Waals surface area contributed by atoms with E-state index in [1.807, 2.05) is 67.6 Å². The number of H-pyrrole nitrogens is 1. The molecule has 0 radical (unpaired) electrons. The van der Waals surface area contributed by atoms with Gasteiger partial charge in [0.2, 0.25) is 0 Å². The lowest BCUT2D eigenvalue weighted by Gasteiger charge is -2.37. The van der Waals surface area contributed by atoms with Gasteiger partial charge in [0.1, 0.15) is 5.82 Å². The Balaban J connectivity index is 1.80. The van der Waals surface area contributed by atoms with Gasteiger partial charge in [0, 0.05) is 18.2 Å². The van der Waals surface area contributed by atoms with Crippen molar-refractivity contribution in [2.75, 3.05) is 11.4 Å². The van der Waals surface area contributed by atoms with Crippen molar-refractivity contribution < 1.29 is 0 Å². The molecule has 1 aromatic heterocycles. The zero-order valence-electron chi connectivity index (χ0n) is 19.6. The third-order valence-corrected chi connectivity index (χ3v) is 6.78. The summed E-state index contributed by atoms with van der Waals surface area (Å²) in [4.78, 5) is 32.8. The summed E-state index contributed by atoms with van der Waals surface area (Å²) in [5.74, 6) is 0.358. The van der Waals surface area contributed by atoms with Crippen LogP contribution in [0, 0.1) is 0 Å². The van der Waals surface area contributed by atoms with E-state index in [1.165, 1.54) is 4.57 Å². The van der Waals surface area contributed by atoms with Crippen molar-refractivity contribution in [3.8, 4) is 0 Å². The van der Waals surface area contributed by atoms with Crippen LogP contribution in [-0.2, 0) is 0 Å². The molecule has 0 fully saturated rings. The summed E-state index contributed by atoms with van der Waals surface area (Å²) < 4.78 is 1.37. The predicted octanol–water partition coefficient (Wildman–Crippen LogP) is 5.58. The third kappa shape index (κ3) is 3.67. The van der Waals surface area contributed by atoms with Crippen molar-refractivity contribution in [1.29, 1.82) is 0 Å². The van der Waals surface area contributed by atoms with Crippen LogP contribution in [-0.4, -0.2) is 16.1 Å². The Morgan fingerprint density at radius 1 is 0.882 bits per heavy atom. The first-order valence-corrected chi connectivity index (χ1v) is 12.0. The van der Waals surface area contributed by atoms with E-state index in [1.54, 1.807) is 0 Å². The molecule has 5 nitrogen and oxygen atoms in total. The van der Waals surface area contributed by atoms with Crippen LogP contribution in [0.5, 0.6) is 0 Å². The van der Waals surface area contributed by atoms with Crippen molar-refractivity contribution >= 4 is 11.5 Å². The second kappa shape index (κ2) is 9.18. The summed E-state index contributed by atoms with van der Waals surface area (Å²) in [5.41, 5.74) is 4.09. The molecule has 0 spiro atoms. The van der Waals surface area contributed by atoms with Crippen LogP contribution in [0.1, 0.15) is 60.9 Å². The molecule has 4 aromatic rings. The quantitative estimate of drug-likeness (QED) is 0.416. The Labute approximate surface area is 199 Å². The molecule has 0 unspecified atom stereocenters. The Kier molecular flexibility index (Phi) is 5.93. The Bertz CT molecular complexity index is 1410. The van der Waals surface area contributed by atoms with E-state index in [0.717, 1.165) is 41.8 Å². The minimum Gasteiger partial charge on any atom is -0.327 e. The number of hydrogen-bond donors (Lipinski definition) is 1. The first-order valence-electron chi connectivity index (χ1n) is 12.0. The number of benzene rings is 3. The second-order valence-electron chi connectivity index (χ2n) is 8.86. The van der Waals surface area contributed by atoms with Gasteiger partial charge >= 0.3 is 5.69 Å². The lowest BCUT2D eigenvalue weighted by Crippen LogP contribution is -2.44. The second-order valence-corrected chi connectivity index (χ2v) is 8.86. The molecule has 0 saturated heterocycles. The molecular formula is C29H29N3O2. The molecule has 0 saturated carbocycles. The summed E-state index contributed by atoms with van der Waals surface area (Å²) in [6, 6.07) is 27.6. The number of hydrogen-bond acceptors (Lipinski definition) is 3. The van der Waals surface area contributed by atoms with Crippen LogP contribution in [0.2, 0.25) is 0 Å². The molecule has 0 bridgehead atoms. The number of aromatic amines is 1. The van der Waals surface area contributed by atoms with Crippen molar-refractivity contribution in [2.45, 2.75) is 38.6 Å². The highest BCUT2D eigenvalue weighted by molar-refractivity contribution is 5.75. The van der Waals surface area contributed by atoms with Gasteiger partial charge in [0.05, 0.1) is 11.6 Å². The van der Waals surface area contributed by atoms with Gasteiger partial charge in [-0.2, -0.15) is 0 Å². The fraction of sp³-hybridized carbons (Fsp3) is 0.241. The van der Waals surface area contributed by atoms with Gasteiger partial charge in [-0.25, -0.2) is 4.79 Å². The molecule has 3 aromatic carbocycles. The number of para-hydroxylation sites is 1. The van der Waals surface area contributed by atoms with Crippen LogP contribution in [0.3, 0.4) is 0 Å². The zero-order valence-corrected chi connectivity index (χ0v) is 19.6. The smallest absolute Gasteiger partial charge is 0.327 e. The average Bonchev–Trinajstić information content (AvgIpc) is 2.88. The van der Waals surface area contributed by atoms with Gasteiger partial charge in [0.25, 0.3) is 5.56 Å². The minimum atomic E-state index is -0.388. The normalized spacial score (nSPS) is 15.5. The molecule has 172 valence electrons. The minimum absolute atomic E-state index is 0.236. The first kappa shape index (κ1) is 22.0. The van der Waals surface area contributed by atoms with Crippen molar-refractivity contribution in [3.05, 3.63) is 128 Å². The van der Waals surface area contributed by atoms with E-state index in [-0.39, 0.29) is 23.2 Å². The van der Waals surface area contributed by atoms with E-state index in [0.29, 0.717) is 11.4 Å². The Morgan fingerprint density at radius 3 is 2.24 bits per heavy atom. The molecule has 5 rings (SSSR count). The fourth-order valence-electron chi connectivity index (χ4n) is 5.05. The molecule has 5 heteroatoms. The zero-order chi connectivity index (χ0) is 23.7. The van der Waals surface area contributed by atoms with Crippen LogP contribution >= 0.6 is 0 Å². The maximum Gasteiger partial charge on any atom is 0.330 e. The number of nitrogens with one attached hydrogen (secondary N) is 1. The molecule has 1 aliphatic heterocycles. The number of nitrogens with zero attached hydrogens (tertiary/aromatic N) is 2. The van der Waals surface area contributed by atoms with Gasteiger partial charge in [0.15, 0.2) is 0 Å². The fourth-order valence-corrected chi connectivity index (χ4v) is 5.05. The lowest BCUT2D eigenvalue weighted by molar-refractivity contribution is 0.566. The summed E-state index contributed by atoms with van der Waals surface area (Å²) in [5, 5.41) is 0. The third-order valence-electron chi connectivity index (χ3n) is 6.78. The summed E-state index contributed by atoms with van der Waals surface area (Å²) in [6.45, 7) is 4.78. The Morgan fingerprint density at radius 2 is 1.53 bits per heavy atom. The number of fused-ring (bicyclic) bond motifs is 2. The molecule has 0 aliphatic carbocycles. The SMILES string of the molecule is CCCCN1c2ccccc2[C@@H](c2ccccc2)c2c1[nH]c(=O)n([C@@H](C)c1ccccc1)c2=O. The van der Waals surface area contributed by atoms with Gasteiger partial charge in [-0.3, -0.25) is 14.3 Å². The largest absolute Gasteiger partial charge is 0.330 e. The molecule has 1 aliphatic rings. The predicted molar refractivity (Wildman–Crippen MR) is 137 cm³/mol. The first-order chi connectivity index (χ1) is 16.6. The number of unbranched alkanes of at least 4 members (excludes halogenated alkanes) is 1. The summed E-state index contributed by atoms with van der Waals surface area (Å²) in [6.07, 6.45) is 1.97. The highest BCUT2D eigenvalue weighted by atomic mass is 16.2. The number of rotatable bonds is 6. The van der Waals surface area contributed by atoms with E-state index in [2.05, 4.69) is 41.1 Å². The maximum absolute atomic E-state index is 14.2. The molecule has 0 amide bonds. The Hall–Kier alpha value is -3.86.